The number of nitrogens with one attached hydrogen (secondary N) is 2. The Balaban J connectivity index is 2.92. The molecule has 8 heteroatoms. The lowest BCUT2D eigenvalue weighted by Gasteiger charge is -2.21. The van der Waals surface area contributed by atoms with Gasteiger partial charge in [0, 0.05) is 13.1 Å². The fourth-order valence-electron chi connectivity index (χ4n) is 1.79. The van der Waals surface area contributed by atoms with Gasteiger partial charge in [-0.25, -0.2) is 8.42 Å². The molecule has 22 heavy (non-hydrogen) atoms. The van der Waals surface area contributed by atoms with Gasteiger partial charge in [-0.05, 0) is 30.2 Å². The molecule has 0 aliphatic carbocycles. The first kappa shape index (κ1) is 18.4. The molecule has 1 amide bonds. The van der Waals surface area contributed by atoms with Gasteiger partial charge in [0.2, 0.25) is 15.9 Å². The lowest BCUT2D eigenvalue weighted by Crippen LogP contribution is -2.50. The summed E-state index contributed by atoms with van der Waals surface area (Å²) in [5.74, 6) is -0.0385. The summed E-state index contributed by atoms with van der Waals surface area (Å²) in [4.78, 5) is 12.1. The molecule has 1 atom stereocenters. The van der Waals surface area contributed by atoms with E-state index in [9.17, 15) is 13.2 Å². The first-order valence-electron chi connectivity index (χ1n) is 6.96. The van der Waals surface area contributed by atoms with Gasteiger partial charge in [-0.15, -0.1) is 0 Å². The Morgan fingerprint density at radius 1 is 1.27 bits per heavy atom. The lowest BCUT2D eigenvalue weighted by molar-refractivity contribution is -0.123. The number of benzene rings is 1. The van der Waals surface area contributed by atoms with Gasteiger partial charge in [-0.1, -0.05) is 13.8 Å². The molecule has 4 N–H and O–H groups in total. The second-order valence-electron chi connectivity index (χ2n) is 5.10. The monoisotopic (exact) mass is 329 g/mol. The van der Waals surface area contributed by atoms with E-state index in [2.05, 4.69) is 10.0 Å². The number of carbonyl (C=O) groups is 1. The summed E-state index contributed by atoms with van der Waals surface area (Å²) in [5.41, 5.74) is 5.33. The molecule has 1 aromatic carbocycles. The first-order valence-corrected chi connectivity index (χ1v) is 8.44. The molecule has 0 aromatic heterocycles. The van der Waals surface area contributed by atoms with Crippen molar-refractivity contribution in [1.29, 1.82) is 0 Å². The van der Waals surface area contributed by atoms with Crippen LogP contribution in [-0.2, 0) is 14.8 Å². The molecule has 1 unspecified atom stereocenters. The second kappa shape index (κ2) is 8.11. The number of methoxy groups -OCH3 is 1. The summed E-state index contributed by atoms with van der Waals surface area (Å²) in [6.07, 6.45) is 0. The highest BCUT2D eigenvalue weighted by Gasteiger charge is 2.28. The standard InChI is InChI=1S/C14H23N3O4S/c1-10(2)13(14(18)16-9-8-15)17-22(19,20)12-6-4-11(21-3)5-7-12/h4-7,10,13,17H,8-9,15H2,1-3H3,(H,16,18). The quantitative estimate of drug-likeness (QED) is 0.625. The third-order valence-corrected chi connectivity index (χ3v) is 4.50. The highest BCUT2D eigenvalue weighted by molar-refractivity contribution is 7.89. The van der Waals surface area contributed by atoms with Gasteiger partial charge in [0.15, 0.2) is 0 Å². The van der Waals surface area contributed by atoms with E-state index >= 15 is 0 Å². The second-order valence-corrected chi connectivity index (χ2v) is 6.81. The summed E-state index contributed by atoms with van der Waals surface area (Å²) >= 11 is 0. The zero-order chi connectivity index (χ0) is 16.8. The highest BCUT2D eigenvalue weighted by Crippen LogP contribution is 2.16. The molecule has 1 rings (SSSR count). The number of sulfonamides is 1. The highest BCUT2D eigenvalue weighted by atomic mass is 32.2. The van der Waals surface area contributed by atoms with E-state index in [-0.39, 0.29) is 10.8 Å². The minimum atomic E-state index is -3.80. The molecule has 0 saturated heterocycles. The molecular formula is C14H23N3O4S. The number of amides is 1. The van der Waals surface area contributed by atoms with Gasteiger partial charge in [-0.3, -0.25) is 4.79 Å². The Labute approximate surface area is 131 Å². The van der Waals surface area contributed by atoms with Crippen molar-refractivity contribution in [3.8, 4) is 5.75 Å². The number of nitrogens with two attached hydrogens (primary N) is 1. The molecular weight excluding hydrogens is 306 g/mol. The molecule has 7 nitrogen and oxygen atoms in total. The summed E-state index contributed by atoms with van der Waals surface area (Å²) in [7, 11) is -2.30. The van der Waals surface area contributed by atoms with Crippen molar-refractivity contribution in [1.82, 2.24) is 10.0 Å². The summed E-state index contributed by atoms with van der Waals surface area (Å²) in [6, 6.07) is 5.09. The van der Waals surface area contributed by atoms with Crippen LogP contribution in [0.4, 0.5) is 0 Å². The van der Waals surface area contributed by atoms with Crippen molar-refractivity contribution in [2.45, 2.75) is 24.8 Å². The topological polar surface area (TPSA) is 111 Å². The Hall–Kier alpha value is -1.64. The number of hydrogen-bond donors (Lipinski definition) is 3. The molecule has 0 heterocycles. The van der Waals surface area contributed by atoms with Crippen molar-refractivity contribution in [3.63, 3.8) is 0 Å². The van der Waals surface area contributed by atoms with Crippen LogP contribution < -0.4 is 20.5 Å². The Morgan fingerprint density at radius 3 is 2.32 bits per heavy atom. The Morgan fingerprint density at radius 2 is 1.86 bits per heavy atom. The van der Waals surface area contributed by atoms with Crippen LogP contribution in [0.3, 0.4) is 0 Å². The van der Waals surface area contributed by atoms with E-state index in [1.807, 2.05) is 0 Å². The molecule has 1 aromatic rings. The van der Waals surface area contributed by atoms with Crippen LogP contribution in [0.15, 0.2) is 29.2 Å². The minimum Gasteiger partial charge on any atom is -0.497 e. The fraction of sp³-hybridized carbons (Fsp3) is 0.500. The smallest absolute Gasteiger partial charge is 0.241 e. The maximum atomic E-state index is 12.4. The summed E-state index contributed by atoms with van der Waals surface area (Å²) in [5, 5.41) is 2.60. The number of ether oxygens (including phenoxy) is 1. The molecule has 124 valence electrons. The first-order chi connectivity index (χ1) is 10.3. The van der Waals surface area contributed by atoms with E-state index in [0.29, 0.717) is 18.8 Å². The Kier molecular flexibility index (Phi) is 6.79. The van der Waals surface area contributed by atoms with Gasteiger partial charge >= 0.3 is 0 Å². The van der Waals surface area contributed by atoms with Crippen LogP contribution in [0.5, 0.6) is 5.75 Å². The zero-order valence-corrected chi connectivity index (χ0v) is 13.8. The van der Waals surface area contributed by atoms with Crippen molar-refractivity contribution in [3.05, 3.63) is 24.3 Å². The summed E-state index contributed by atoms with van der Waals surface area (Å²) < 4.78 is 32.2. The molecule has 0 fully saturated rings. The Bertz CT molecular complexity index is 585. The van der Waals surface area contributed by atoms with Crippen molar-refractivity contribution < 1.29 is 17.9 Å². The van der Waals surface area contributed by atoms with Crippen molar-refractivity contribution >= 4 is 15.9 Å². The summed E-state index contributed by atoms with van der Waals surface area (Å²) in [6.45, 7) is 4.13. The molecule has 0 radical (unpaired) electrons. The largest absolute Gasteiger partial charge is 0.497 e. The third-order valence-electron chi connectivity index (χ3n) is 3.04. The fourth-order valence-corrected chi connectivity index (χ4v) is 3.13. The molecule has 0 spiro atoms. The van der Waals surface area contributed by atoms with Crippen LogP contribution in [0.1, 0.15) is 13.8 Å². The van der Waals surface area contributed by atoms with Gasteiger partial charge in [-0.2, -0.15) is 4.72 Å². The van der Waals surface area contributed by atoms with Gasteiger partial charge < -0.3 is 15.8 Å². The maximum absolute atomic E-state index is 12.4. The predicted octanol–water partition coefficient (Wildman–Crippen LogP) is 0.0730. The van der Waals surface area contributed by atoms with E-state index in [0.717, 1.165) is 0 Å². The van der Waals surface area contributed by atoms with Crippen LogP contribution in [0.2, 0.25) is 0 Å². The van der Waals surface area contributed by atoms with E-state index < -0.39 is 22.0 Å². The zero-order valence-electron chi connectivity index (χ0n) is 13.0. The maximum Gasteiger partial charge on any atom is 0.241 e. The van der Waals surface area contributed by atoms with Gasteiger partial charge in [0.05, 0.1) is 12.0 Å². The minimum absolute atomic E-state index is 0.0746. The van der Waals surface area contributed by atoms with E-state index in [1.54, 1.807) is 26.0 Å². The number of rotatable bonds is 8. The van der Waals surface area contributed by atoms with Crippen LogP contribution in [0, 0.1) is 5.92 Å². The molecule has 0 aliphatic rings. The van der Waals surface area contributed by atoms with E-state index in [4.69, 9.17) is 10.5 Å². The van der Waals surface area contributed by atoms with Gasteiger partial charge in [0.25, 0.3) is 0 Å². The van der Waals surface area contributed by atoms with Crippen LogP contribution in [0.25, 0.3) is 0 Å². The van der Waals surface area contributed by atoms with Crippen LogP contribution in [-0.4, -0.2) is 40.6 Å². The average Bonchev–Trinajstić information content (AvgIpc) is 2.50. The van der Waals surface area contributed by atoms with Crippen molar-refractivity contribution in [2.24, 2.45) is 11.7 Å². The normalized spacial score (nSPS) is 13.0. The molecule has 0 aliphatic heterocycles. The van der Waals surface area contributed by atoms with Crippen molar-refractivity contribution in [2.75, 3.05) is 20.2 Å². The lowest BCUT2D eigenvalue weighted by atomic mass is 10.1. The average molecular weight is 329 g/mol. The molecule has 0 saturated carbocycles. The number of carbonyl (C=O) groups excluding carboxylic acids is 1. The van der Waals surface area contributed by atoms with Gasteiger partial charge in [0.1, 0.15) is 11.8 Å². The number of hydrogen-bond acceptors (Lipinski definition) is 5. The predicted molar refractivity (Wildman–Crippen MR) is 84.0 cm³/mol. The SMILES string of the molecule is COc1ccc(S(=O)(=O)NC(C(=O)NCCN)C(C)C)cc1. The molecule has 0 bridgehead atoms. The third kappa shape index (κ3) is 4.97. The van der Waals surface area contributed by atoms with E-state index in [1.165, 1.54) is 19.2 Å². The van der Waals surface area contributed by atoms with Crippen LogP contribution >= 0.6 is 0 Å².